The lowest BCUT2D eigenvalue weighted by molar-refractivity contribution is 0.241. The third kappa shape index (κ3) is 4.29. The van der Waals surface area contributed by atoms with Gasteiger partial charge < -0.3 is 10.0 Å². The standard InChI is InChI=1S/C5H11NO2S/c1-6(2)5(8)9-4-3-7/h7H,3-4H2,1-2H3. The van der Waals surface area contributed by atoms with E-state index in [0.29, 0.717) is 5.75 Å². The van der Waals surface area contributed by atoms with E-state index in [1.165, 1.54) is 4.90 Å². The highest BCUT2D eigenvalue weighted by Crippen LogP contribution is 2.03. The fourth-order valence-electron chi connectivity index (χ4n) is 0.262. The summed E-state index contributed by atoms with van der Waals surface area (Å²) in [7, 11) is 3.37. The lowest BCUT2D eigenvalue weighted by Gasteiger charge is -2.07. The summed E-state index contributed by atoms with van der Waals surface area (Å²) in [6, 6.07) is 0. The van der Waals surface area contributed by atoms with Crippen LogP contribution >= 0.6 is 11.8 Å². The number of hydrogen-bond donors (Lipinski definition) is 1. The van der Waals surface area contributed by atoms with Gasteiger partial charge in [0.1, 0.15) is 0 Å². The first-order valence-corrected chi connectivity index (χ1v) is 3.62. The molecule has 0 heterocycles. The fourth-order valence-corrected chi connectivity index (χ4v) is 0.786. The maximum absolute atomic E-state index is 10.7. The Balaban J connectivity index is 3.28. The largest absolute Gasteiger partial charge is 0.396 e. The van der Waals surface area contributed by atoms with Gasteiger partial charge in [0.15, 0.2) is 0 Å². The molecule has 0 aliphatic rings. The van der Waals surface area contributed by atoms with Gasteiger partial charge in [0.25, 0.3) is 5.24 Å². The second-order valence-corrected chi connectivity index (χ2v) is 2.78. The highest BCUT2D eigenvalue weighted by atomic mass is 32.2. The second kappa shape index (κ2) is 4.64. The average molecular weight is 149 g/mol. The van der Waals surface area contributed by atoms with E-state index < -0.39 is 0 Å². The van der Waals surface area contributed by atoms with Crippen LogP contribution in [0.5, 0.6) is 0 Å². The summed E-state index contributed by atoms with van der Waals surface area (Å²) in [5.41, 5.74) is 0. The van der Waals surface area contributed by atoms with Gasteiger partial charge in [-0.25, -0.2) is 0 Å². The number of carbonyl (C=O) groups excluding carboxylic acids is 1. The van der Waals surface area contributed by atoms with Crippen molar-refractivity contribution >= 4 is 17.0 Å². The maximum Gasteiger partial charge on any atom is 0.281 e. The summed E-state index contributed by atoms with van der Waals surface area (Å²) in [6.45, 7) is 0.0598. The number of aliphatic hydroxyl groups excluding tert-OH is 1. The van der Waals surface area contributed by atoms with Crippen LogP contribution in [0.1, 0.15) is 0 Å². The Bertz CT molecular complexity index is 95.0. The first-order chi connectivity index (χ1) is 4.18. The van der Waals surface area contributed by atoms with E-state index in [1.807, 2.05) is 0 Å². The Kier molecular flexibility index (Phi) is 4.53. The van der Waals surface area contributed by atoms with E-state index >= 15 is 0 Å². The molecule has 0 unspecified atom stereocenters. The van der Waals surface area contributed by atoms with E-state index in [1.54, 1.807) is 14.1 Å². The number of nitrogens with zero attached hydrogens (tertiary/aromatic N) is 1. The summed E-state index contributed by atoms with van der Waals surface area (Å²) >= 11 is 1.12. The smallest absolute Gasteiger partial charge is 0.281 e. The highest BCUT2D eigenvalue weighted by molar-refractivity contribution is 8.13. The third-order valence-corrected chi connectivity index (χ3v) is 1.68. The minimum absolute atomic E-state index is 0.0101. The monoisotopic (exact) mass is 149 g/mol. The van der Waals surface area contributed by atoms with Crippen LogP contribution in [0.2, 0.25) is 0 Å². The summed E-state index contributed by atoms with van der Waals surface area (Å²) in [4.78, 5) is 12.2. The van der Waals surface area contributed by atoms with E-state index in [9.17, 15) is 4.79 Å². The predicted molar refractivity (Wildman–Crippen MR) is 38.6 cm³/mol. The molecule has 1 amide bonds. The predicted octanol–water partition coefficient (Wildman–Crippen LogP) is 0.394. The van der Waals surface area contributed by atoms with Crippen molar-refractivity contribution in [2.75, 3.05) is 26.5 Å². The van der Waals surface area contributed by atoms with Gasteiger partial charge in [0.05, 0.1) is 6.61 Å². The molecule has 0 saturated carbocycles. The Morgan fingerprint density at radius 1 is 1.67 bits per heavy atom. The van der Waals surface area contributed by atoms with Crippen molar-refractivity contribution in [2.24, 2.45) is 0 Å². The van der Waals surface area contributed by atoms with Gasteiger partial charge in [-0.05, 0) is 0 Å². The molecule has 3 nitrogen and oxygen atoms in total. The topological polar surface area (TPSA) is 40.5 Å². The minimum atomic E-state index is -0.0101. The van der Waals surface area contributed by atoms with Crippen molar-refractivity contribution in [2.45, 2.75) is 0 Å². The SMILES string of the molecule is CN(C)C(=O)SCCO. The summed E-state index contributed by atoms with van der Waals surface area (Å²) < 4.78 is 0. The van der Waals surface area contributed by atoms with Crippen LogP contribution in [0.15, 0.2) is 0 Å². The van der Waals surface area contributed by atoms with Crippen LogP contribution < -0.4 is 0 Å². The van der Waals surface area contributed by atoms with Crippen molar-refractivity contribution in [1.82, 2.24) is 4.90 Å². The van der Waals surface area contributed by atoms with Crippen LogP contribution in [0.4, 0.5) is 4.79 Å². The van der Waals surface area contributed by atoms with Crippen molar-refractivity contribution in [1.29, 1.82) is 0 Å². The van der Waals surface area contributed by atoms with E-state index in [-0.39, 0.29) is 11.8 Å². The molecule has 0 radical (unpaired) electrons. The molecule has 0 aliphatic heterocycles. The molecule has 0 spiro atoms. The van der Waals surface area contributed by atoms with Gasteiger partial charge in [0.2, 0.25) is 0 Å². The molecular formula is C5H11NO2S. The number of amides is 1. The minimum Gasteiger partial charge on any atom is -0.396 e. The molecular weight excluding hydrogens is 138 g/mol. The molecule has 0 bridgehead atoms. The number of aliphatic hydroxyl groups is 1. The molecule has 0 aromatic carbocycles. The van der Waals surface area contributed by atoms with Gasteiger partial charge in [-0.1, -0.05) is 11.8 Å². The number of rotatable bonds is 2. The Morgan fingerprint density at radius 3 is 2.56 bits per heavy atom. The number of carbonyl (C=O) groups is 1. The van der Waals surface area contributed by atoms with Crippen LogP contribution in [0.3, 0.4) is 0 Å². The third-order valence-electron chi connectivity index (χ3n) is 0.682. The first-order valence-electron chi connectivity index (χ1n) is 2.63. The van der Waals surface area contributed by atoms with Crippen LogP contribution in [0, 0.1) is 0 Å². The van der Waals surface area contributed by atoms with Gasteiger partial charge in [-0.15, -0.1) is 0 Å². The number of thioether (sulfide) groups is 1. The molecule has 0 rings (SSSR count). The van der Waals surface area contributed by atoms with Gasteiger partial charge in [-0.3, -0.25) is 4.79 Å². The lowest BCUT2D eigenvalue weighted by atomic mass is 10.9. The van der Waals surface area contributed by atoms with Crippen LogP contribution in [-0.2, 0) is 0 Å². The van der Waals surface area contributed by atoms with E-state index in [4.69, 9.17) is 5.11 Å². The van der Waals surface area contributed by atoms with Crippen LogP contribution in [-0.4, -0.2) is 41.7 Å². The molecule has 0 aromatic heterocycles. The van der Waals surface area contributed by atoms with E-state index in [2.05, 4.69) is 0 Å². The van der Waals surface area contributed by atoms with Crippen molar-refractivity contribution in [3.05, 3.63) is 0 Å². The van der Waals surface area contributed by atoms with Crippen molar-refractivity contribution < 1.29 is 9.90 Å². The molecule has 1 N–H and O–H groups in total. The molecule has 0 fully saturated rings. The fraction of sp³-hybridized carbons (Fsp3) is 0.800. The highest BCUT2D eigenvalue weighted by Gasteiger charge is 2.01. The average Bonchev–Trinajstić information content (AvgIpc) is 1.82. The van der Waals surface area contributed by atoms with Crippen molar-refractivity contribution in [3.63, 3.8) is 0 Å². The van der Waals surface area contributed by atoms with Crippen LogP contribution in [0.25, 0.3) is 0 Å². The molecule has 0 atom stereocenters. The zero-order chi connectivity index (χ0) is 7.28. The Hall–Kier alpha value is -0.220. The summed E-state index contributed by atoms with van der Waals surface area (Å²) in [6.07, 6.45) is 0. The molecule has 9 heavy (non-hydrogen) atoms. The number of hydrogen-bond acceptors (Lipinski definition) is 3. The molecule has 0 saturated heterocycles. The first kappa shape index (κ1) is 8.78. The normalized spacial score (nSPS) is 9.22. The molecule has 54 valence electrons. The summed E-state index contributed by atoms with van der Waals surface area (Å²) in [5, 5.41) is 8.30. The van der Waals surface area contributed by atoms with Gasteiger partial charge >= 0.3 is 0 Å². The van der Waals surface area contributed by atoms with Gasteiger partial charge in [-0.2, -0.15) is 0 Å². The quantitative estimate of drug-likeness (QED) is 0.617. The summed E-state index contributed by atoms with van der Waals surface area (Å²) in [5.74, 6) is 0.483. The second-order valence-electron chi connectivity index (χ2n) is 1.73. The Labute approximate surface area is 59.0 Å². The molecule has 0 aromatic rings. The molecule has 0 aliphatic carbocycles. The zero-order valence-corrected chi connectivity index (χ0v) is 6.44. The zero-order valence-electron chi connectivity index (χ0n) is 5.63. The van der Waals surface area contributed by atoms with Crippen molar-refractivity contribution in [3.8, 4) is 0 Å². The Morgan fingerprint density at radius 2 is 2.22 bits per heavy atom. The van der Waals surface area contributed by atoms with E-state index in [0.717, 1.165) is 11.8 Å². The van der Waals surface area contributed by atoms with Gasteiger partial charge in [0, 0.05) is 19.8 Å². The maximum atomic E-state index is 10.7. The lowest BCUT2D eigenvalue weighted by Crippen LogP contribution is -2.17. The molecule has 4 heteroatoms.